The smallest absolute Gasteiger partial charge is 0.299 e. The van der Waals surface area contributed by atoms with Crippen molar-refractivity contribution in [1.82, 2.24) is 5.06 Å². The zero-order valence-electron chi connectivity index (χ0n) is 9.84. The van der Waals surface area contributed by atoms with Gasteiger partial charge in [0.15, 0.2) is 0 Å². The summed E-state index contributed by atoms with van der Waals surface area (Å²) in [6.07, 6.45) is 0. The van der Waals surface area contributed by atoms with E-state index in [4.69, 9.17) is 16.0 Å². The zero-order valence-corrected chi connectivity index (χ0v) is 11.4. The van der Waals surface area contributed by atoms with Crippen LogP contribution in [-0.2, 0) is 4.84 Å². The number of hydroxylamine groups is 2. The molecule has 1 aromatic rings. The lowest BCUT2D eigenvalue weighted by Gasteiger charge is -2.12. The monoisotopic (exact) mass is 301 g/mol. The number of hydrogen-bond acceptors (Lipinski definition) is 4. The SMILES string of the molecule is NC(=[NH2+])SCCON1C(=O)c2ccccc2C1=O.[Cl-]. The molecule has 0 saturated carbocycles. The van der Waals surface area contributed by atoms with E-state index in [0.717, 1.165) is 5.06 Å². The van der Waals surface area contributed by atoms with E-state index in [0.29, 0.717) is 16.9 Å². The summed E-state index contributed by atoms with van der Waals surface area (Å²) in [6.45, 7) is 0.175. The molecule has 4 N–H and O–H groups in total. The van der Waals surface area contributed by atoms with Gasteiger partial charge in [-0.1, -0.05) is 12.1 Å². The minimum atomic E-state index is -0.440. The minimum Gasteiger partial charge on any atom is -1.00 e. The third kappa shape index (κ3) is 3.25. The van der Waals surface area contributed by atoms with Gasteiger partial charge in [0.1, 0.15) is 0 Å². The normalized spacial score (nSPS) is 13.2. The van der Waals surface area contributed by atoms with E-state index in [9.17, 15) is 9.59 Å². The predicted octanol–water partition coefficient (Wildman–Crippen LogP) is -3.97. The van der Waals surface area contributed by atoms with Crippen LogP contribution in [0.3, 0.4) is 0 Å². The molecular weight excluding hydrogens is 290 g/mol. The maximum atomic E-state index is 11.9. The second kappa shape index (κ2) is 6.55. The van der Waals surface area contributed by atoms with Crippen molar-refractivity contribution in [1.29, 1.82) is 0 Å². The highest BCUT2D eigenvalue weighted by Gasteiger charge is 2.36. The van der Waals surface area contributed by atoms with E-state index in [1.54, 1.807) is 24.3 Å². The van der Waals surface area contributed by atoms with E-state index in [2.05, 4.69) is 0 Å². The first-order valence-electron chi connectivity index (χ1n) is 5.22. The van der Waals surface area contributed by atoms with Crippen LogP contribution >= 0.6 is 11.8 Å². The van der Waals surface area contributed by atoms with E-state index in [1.807, 2.05) is 0 Å². The molecule has 0 atom stereocenters. The van der Waals surface area contributed by atoms with Crippen LogP contribution in [0.15, 0.2) is 24.3 Å². The number of fused-ring (bicyclic) bond motifs is 1. The maximum Gasteiger partial charge on any atom is 0.299 e. The van der Waals surface area contributed by atoms with Crippen molar-refractivity contribution in [2.45, 2.75) is 0 Å². The van der Waals surface area contributed by atoms with Crippen LogP contribution in [0.5, 0.6) is 0 Å². The third-order valence-electron chi connectivity index (χ3n) is 2.33. The van der Waals surface area contributed by atoms with Crippen molar-refractivity contribution in [3.8, 4) is 0 Å². The number of rotatable bonds is 4. The van der Waals surface area contributed by atoms with Gasteiger partial charge in [-0.2, -0.15) is 0 Å². The first kappa shape index (κ1) is 15.5. The Labute approximate surface area is 120 Å². The summed E-state index contributed by atoms with van der Waals surface area (Å²) >= 11 is 1.20. The summed E-state index contributed by atoms with van der Waals surface area (Å²) in [6, 6.07) is 6.60. The van der Waals surface area contributed by atoms with Gasteiger partial charge in [0.2, 0.25) is 0 Å². The van der Waals surface area contributed by atoms with Crippen molar-refractivity contribution in [2.24, 2.45) is 5.73 Å². The van der Waals surface area contributed by atoms with Gasteiger partial charge < -0.3 is 12.4 Å². The number of benzene rings is 1. The molecule has 0 aromatic heterocycles. The minimum absolute atomic E-state index is 0. The molecule has 0 aliphatic carbocycles. The first-order chi connectivity index (χ1) is 8.61. The van der Waals surface area contributed by atoms with Gasteiger partial charge in [-0.25, -0.2) is 0 Å². The van der Waals surface area contributed by atoms with Crippen LogP contribution in [-0.4, -0.2) is 34.4 Å². The summed E-state index contributed by atoms with van der Waals surface area (Å²) in [7, 11) is 0. The molecular formula is C11H12ClN3O3S. The zero-order chi connectivity index (χ0) is 13.1. The second-order valence-electron chi connectivity index (χ2n) is 3.53. The van der Waals surface area contributed by atoms with Gasteiger partial charge in [0, 0.05) is 5.75 Å². The molecule has 0 radical (unpaired) electrons. The molecule has 0 unspecified atom stereocenters. The third-order valence-corrected chi connectivity index (χ3v) is 3.03. The second-order valence-corrected chi connectivity index (χ2v) is 4.70. The molecule has 0 fully saturated rings. The van der Waals surface area contributed by atoms with Gasteiger partial charge in [-0.15, -0.1) is 5.06 Å². The largest absolute Gasteiger partial charge is 1.00 e. The first-order valence-corrected chi connectivity index (χ1v) is 6.21. The van der Waals surface area contributed by atoms with Crippen LogP contribution in [0.2, 0.25) is 0 Å². The molecule has 1 aliphatic heterocycles. The number of halogens is 1. The number of nitrogens with two attached hydrogens (primary N) is 2. The summed E-state index contributed by atoms with van der Waals surface area (Å²) in [5, 5.41) is 6.26. The van der Waals surface area contributed by atoms with Crippen molar-refractivity contribution >= 4 is 28.7 Å². The number of carbonyl (C=O) groups is 2. The lowest BCUT2D eigenvalue weighted by atomic mass is 10.1. The quantitative estimate of drug-likeness (QED) is 0.256. The lowest BCUT2D eigenvalue weighted by molar-refractivity contribution is -0.110. The number of hydrogen-bond donors (Lipinski definition) is 2. The number of thioether (sulfide) groups is 1. The fraction of sp³-hybridized carbons (Fsp3) is 0.182. The molecule has 2 amide bonds. The number of carbonyl (C=O) groups excluding carboxylic acids is 2. The molecule has 6 nitrogen and oxygen atoms in total. The Balaban J connectivity index is 0.00000180. The van der Waals surface area contributed by atoms with Crippen LogP contribution in [0, 0.1) is 0 Å². The van der Waals surface area contributed by atoms with Gasteiger partial charge in [-0.05, 0) is 23.9 Å². The molecule has 8 heteroatoms. The molecule has 1 aliphatic rings. The summed E-state index contributed by atoms with van der Waals surface area (Å²) in [5.74, 6) is -0.411. The van der Waals surface area contributed by atoms with Crippen LogP contribution < -0.4 is 23.5 Å². The Bertz CT molecular complexity index is 489. The number of nitrogens with zero attached hydrogens (tertiary/aromatic N) is 1. The van der Waals surface area contributed by atoms with E-state index < -0.39 is 11.8 Å². The Kier molecular flexibility index (Phi) is 5.34. The average molecular weight is 302 g/mol. The van der Waals surface area contributed by atoms with E-state index in [-0.39, 0.29) is 24.2 Å². The summed E-state index contributed by atoms with van der Waals surface area (Å²) < 4.78 is 0. The summed E-state index contributed by atoms with van der Waals surface area (Å²) in [5.41, 5.74) is 5.99. The van der Waals surface area contributed by atoms with Gasteiger partial charge >= 0.3 is 0 Å². The van der Waals surface area contributed by atoms with Crippen molar-refractivity contribution < 1.29 is 32.2 Å². The highest BCUT2D eigenvalue weighted by Crippen LogP contribution is 2.22. The van der Waals surface area contributed by atoms with Crippen molar-refractivity contribution in [2.75, 3.05) is 12.4 Å². The number of imide groups is 1. The predicted molar refractivity (Wildman–Crippen MR) is 66.5 cm³/mol. The van der Waals surface area contributed by atoms with Crippen LogP contribution in [0.4, 0.5) is 0 Å². The van der Waals surface area contributed by atoms with Gasteiger partial charge in [-0.3, -0.25) is 25.6 Å². The average Bonchev–Trinajstić information content (AvgIpc) is 2.59. The van der Waals surface area contributed by atoms with Crippen molar-refractivity contribution in [3.63, 3.8) is 0 Å². The molecule has 0 bridgehead atoms. The Morgan fingerprint density at radius 1 is 1.26 bits per heavy atom. The Morgan fingerprint density at radius 2 is 1.79 bits per heavy atom. The highest BCUT2D eigenvalue weighted by molar-refractivity contribution is 8.13. The highest BCUT2D eigenvalue weighted by atomic mass is 35.5. The standard InChI is InChI=1S/C11H11N3O3S.ClH/c12-11(13)18-6-5-17-14-9(15)7-3-1-2-4-8(7)10(14)16;/h1-4H,5-6H2,(H3,12,13);1H. The fourth-order valence-electron chi connectivity index (χ4n) is 1.57. The molecule has 102 valence electrons. The molecule has 0 saturated heterocycles. The molecule has 1 heterocycles. The molecule has 2 rings (SSSR count). The Hall–Kier alpha value is -1.57. The molecule has 0 spiro atoms. The fourth-order valence-corrected chi connectivity index (χ4v) is 1.97. The maximum absolute atomic E-state index is 11.9. The van der Waals surface area contributed by atoms with Gasteiger partial charge in [0.05, 0.1) is 17.7 Å². The van der Waals surface area contributed by atoms with E-state index >= 15 is 0 Å². The molecule has 19 heavy (non-hydrogen) atoms. The van der Waals surface area contributed by atoms with Crippen molar-refractivity contribution in [3.05, 3.63) is 35.4 Å². The van der Waals surface area contributed by atoms with Gasteiger partial charge in [0.25, 0.3) is 17.0 Å². The van der Waals surface area contributed by atoms with E-state index in [1.165, 1.54) is 11.8 Å². The number of amidine groups is 1. The Morgan fingerprint density at radius 3 is 2.26 bits per heavy atom. The number of amides is 2. The lowest BCUT2D eigenvalue weighted by Crippen LogP contribution is -3.00. The van der Waals surface area contributed by atoms with Crippen LogP contribution in [0.1, 0.15) is 20.7 Å². The topological polar surface area (TPSA) is 98.2 Å². The summed E-state index contributed by atoms with van der Waals surface area (Å²) in [4.78, 5) is 28.9. The molecule has 1 aromatic carbocycles. The van der Waals surface area contributed by atoms with Crippen LogP contribution in [0.25, 0.3) is 0 Å².